The smallest absolute Gasteiger partial charge is 0.907 e. The Hall–Kier alpha value is -0.623. The van der Waals surface area contributed by atoms with E-state index < -0.39 is 7.32 Å². The van der Waals surface area contributed by atoms with Crippen LogP contribution in [0.15, 0.2) is 24.3 Å². The van der Waals surface area contributed by atoms with E-state index >= 15 is 0 Å². The maximum atomic E-state index is 10.0. The summed E-state index contributed by atoms with van der Waals surface area (Å²) in [5.41, 5.74) is 2.43. The third kappa shape index (κ3) is 14.2. The molecular formula is C28H44BLi3O7. The third-order valence-electron chi connectivity index (χ3n) is 5.53. The maximum absolute atomic E-state index is 10.0. The molecule has 0 aliphatic heterocycles. The molecule has 0 unspecified atom stereocenters. The normalized spacial score (nSPS) is 11.3. The van der Waals surface area contributed by atoms with Gasteiger partial charge >= 0.3 is 56.6 Å². The Labute approximate surface area is 272 Å². The number of hydrogen-bond acceptors (Lipinski definition) is 7. The summed E-state index contributed by atoms with van der Waals surface area (Å²) < 4.78 is 0. The first-order valence-electron chi connectivity index (χ1n) is 11.9. The van der Waals surface area contributed by atoms with Gasteiger partial charge in [-0.05, 0) is 21.7 Å². The quantitative estimate of drug-likeness (QED) is 0.198. The van der Waals surface area contributed by atoms with Gasteiger partial charge in [-0.3, -0.25) is 7.32 Å². The topological polar surface area (TPSA) is 150 Å². The van der Waals surface area contributed by atoms with Crippen LogP contribution in [0.5, 0.6) is 23.0 Å². The zero-order chi connectivity index (χ0) is 29.0. The fourth-order valence-corrected chi connectivity index (χ4v) is 3.58. The van der Waals surface area contributed by atoms with E-state index in [-0.39, 0.29) is 101 Å². The van der Waals surface area contributed by atoms with Crippen LogP contribution in [-0.4, -0.2) is 27.7 Å². The number of phenolic OH excluding ortho intramolecular Hbond substituents is 4. The standard InChI is InChI=1S/2C14H22O2.BO3.3Li/c2*1-13(2,3)9-7-8-10(14(4,5)6)12(16)11(9)15;2-1(3)4;;;/h2*7-8,15-16H,1-6H3;;;;/q;;-3;3*+1. The van der Waals surface area contributed by atoms with Crippen LogP contribution >= 0.6 is 0 Å². The van der Waals surface area contributed by atoms with Crippen molar-refractivity contribution in [3.63, 3.8) is 0 Å². The number of aromatic hydroxyl groups is 4. The molecule has 0 amide bonds. The second-order valence-electron chi connectivity index (χ2n) is 13.0. The van der Waals surface area contributed by atoms with E-state index in [2.05, 4.69) is 0 Å². The molecule has 204 valence electrons. The molecule has 2 aromatic carbocycles. The predicted molar refractivity (Wildman–Crippen MR) is 140 cm³/mol. The van der Waals surface area contributed by atoms with Crippen molar-refractivity contribution < 1.29 is 92.1 Å². The molecule has 0 radical (unpaired) electrons. The Morgan fingerprint density at radius 2 is 0.513 bits per heavy atom. The first-order valence-corrected chi connectivity index (χ1v) is 11.9. The van der Waals surface area contributed by atoms with Crippen LogP contribution in [-0.2, 0) is 21.7 Å². The van der Waals surface area contributed by atoms with Gasteiger partial charge in [-0.15, -0.1) is 0 Å². The van der Waals surface area contributed by atoms with E-state index in [0.29, 0.717) is 0 Å². The largest absolute Gasteiger partial charge is 1.00 e. The molecule has 11 heteroatoms. The van der Waals surface area contributed by atoms with Crippen LogP contribution in [0.4, 0.5) is 0 Å². The minimum Gasteiger partial charge on any atom is -0.907 e. The number of phenols is 4. The molecule has 0 bridgehead atoms. The predicted octanol–water partition coefficient (Wildman–Crippen LogP) is -5.55. The van der Waals surface area contributed by atoms with Crippen molar-refractivity contribution in [3.05, 3.63) is 46.5 Å². The minimum absolute atomic E-state index is 0. The minimum atomic E-state index is -2.92. The molecule has 4 N–H and O–H groups in total. The van der Waals surface area contributed by atoms with Crippen molar-refractivity contribution in [2.24, 2.45) is 0 Å². The average molecular weight is 524 g/mol. The Balaban J connectivity index is -0.000000258. The van der Waals surface area contributed by atoms with Gasteiger partial charge in [-0.1, -0.05) is 107 Å². The van der Waals surface area contributed by atoms with Gasteiger partial charge in [0.05, 0.1) is 0 Å². The summed E-state index contributed by atoms with van der Waals surface area (Å²) in [6, 6.07) is 7.59. The molecule has 2 aromatic rings. The van der Waals surface area contributed by atoms with E-state index in [1.165, 1.54) is 0 Å². The molecule has 0 aliphatic rings. The van der Waals surface area contributed by atoms with Gasteiger partial charge in [0.25, 0.3) is 0 Å². The molecule has 0 heterocycles. The van der Waals surface area contributed by atoms with Crippen LogP contribution in [0.2, 0.25) is 0 Å². The van der Waals surface area contributed by atoms with Gasteiger partial charge in [0.15, 0.2) is 23.0 Å². The molecule has 0 aromatic heterocycles. The molecule has 7 nitrogen and oxygen atoms in total. The van der Waals surface area contributed by atoms with Crippen molar-refractivity contribution in [2.75, 3.05) is 0 Å². The Morgan fingerprint density at radius 1 is 0.410 bits per heavy atom. The van der Waals surface area contributed by atoms with Gasteiger partial charge in [-0.25, -0.2) is 0 Å². The van der Waals surface area contributed by atoms with Crippen molar-refractivity contribution in [3.8, 4) is 23.0 Å². The second-order valence-corrected chi connectivity index (χ2v) is 13.0. The zero-order valence-electron chi connectivity index (χ0n) is 26.9. The van der Waals surface area contributed by atoms with Gasteiger partial charge in [0.1, 0.15) is 0 Å². The Bertz CT molecular complexity index is 858. The summed E-state index contributed by atoms with van der Waals surface area (Å²) in [5, 5.41) is 65.4. The maximum Gasteiger partial charge on any atom is 1.00 e. The van der Waals surface area contributed by atoms with Crippen molar-refractivity contribution in [1.82, 2.24) is 0 Å². The summed E-state index contributed by atoms with van der Waals surface area (Å²) in [5.74, 6) is 0.0553. The molecule has 0 aliphatic carbocycles. The molecule has 0 saturated heterocycles. The van der Waals surface area contributed by atoms with Crippen molar-refractivity contribution in [1.29, 1.82) is 0 Å². The van der Waals surface area contributed by atoms with E-state index in [9.17, 15) is 20.4 Å². The van der Waals surface area contributed by atoms with E-state index in [4.69, 9.17) is 15.1 Å². The van der Waals surface area contributed by atoms with Crippen LogP contribution in [0.1, 0.15) is 105 Å². The first kappa shape index (κ1) is 45.4. The summed E-state index contributed by atoms with van der Waals surface area (Å²) >= 11 is 0. The van der Waals surface area contributed by atoms with Crippen LogP contribution < -0.4 is 71.7 Å². The van der Waals surface area contributed by atoms with Gasteiger partial charge in [-0.2, -0.15) is 0 Å². The second kappa shape index (κ2) is 16.7. The average Bonchev–Trinajstić information content (AvgIpc) is 2.62. The number of hydrogen-bond donors (Lipinski definition) is 4. The van der Waals surface area contributed by atoms with E-state index in [1.807, 2.05) is 107 Å². The Kier molecular flexibility index (Phi) is 19.5. The molecular weight excluding hydrogens is 480 g/mol. The van der Waals surface area contributed by atoms with Gasteiger partial charge < -0.3 is 35.5 Å². The summed E-state index contributed by atoms with van der Waals surface area (Å²) in [6.07, 6.45) is 0. The molecule has 0 spiro atoms. The third-order valence-corrected chi connectivity index (χ3v) is 5.53. The van der Waals surface area contributed by atoms with Crippen LogP contribution in [0, 0.1) is 0 Å². The monoisotopic (exact) mass is 524 g/mol. The van der Waals surface area contributed by atoms with Crippen LogP contribution in [0.25, 0.3) is 0 Å². The number of rotatable bonds is 0. The summed E-state index contributed by atoms with van der Waals surface area (Å²) in [4.78, 5) is 0. The van der Waals surface area contributed by atoms with Gasteiger partial charge in [0, 0.05) is 22.3 Å². The molecule has 2 rings (SSSR count). The summed E-state index contributed by atoms with van der Waals surface area (Å²) in [7, 11) is -2.92. The first-order chi connectivity index (χ1) is 15.8. The molecule has 0 atom stereocenters. The Morgan fingerprint density at radius 3 is 0.590 bits per heavy atom. The van der Waals surface area contributed by atoms with E-state index in [0.717, 1.165) is 22.3 Å². The van der Waals surface area contributed by atoms with Crippen molar-refractivity contribution in [2.45, 2.75) is 105 Å². The fraction of sp³-hybridized carbons (Fsp3) is 0.571. The van der Waals surface area contributed by atoms with Crippen LogP contribution in [0.3, 0.4) is 0 Å². The van der Waals surface area contributed by atoms with E-state index in [1.54, 1.807) is 0 Å². The zero-order valence-corrected chi connectivity index (χ0v) is 26.9. The van der Waals surface area contributed by atoms with Crippen molar-refractivity contribution >= 4 is 7.32 Å². The molecule has 0 saturated carbocycles. The summed E-state index contributed by atoms with van der Waals surface area (Å²) in [6.45, 7) is 24.1. The SMILES string of the molecule is CC(C)(C)c1ccc(C(C)(C)C)c(O)c1O.CC(C)(C)c1ccc(C(C)(C)C)c(O)c1O.[Li+].[Li+].[Li+].[O-]B([O-])[O-]. The number of benzene rings is 2. The molecule has 39 heavy (non-hydrogen) atoms. The molecule has 0 fully saturated rings. The van der Waals surface area contributed by atoms with Gasteiger partial charge in [0.2, 0.25) is 0 Å². The fourth-order valence-electron chi connectivity index (χ4n) is 3.58.